The lowest BCUT2D eigenvalue weighted by Crippen LogP contribution is -2.57. The van der Waals surface area contributed by atoms with Crippen LogP contribution in [0.25, 0.3) is 0 Å². The fourth-order valence-electron chi connectivity index (χ4n) is 3.75. The quantitative estimate of drug-likeness (QED) is 0.859. The Morgan fingerprint density at radius 1 is 1.13 bits per heavy atom. The van der Waals surface area contributed by atoms with Crippen molar-refractivity contribution in [3.05, 3.63) is 35.9 Å². The van der Waals surface area contributed by atoms with Crippen molar-refractivity contribution in [2.24, 2.45) is 5.92 Å². The molecule has 7 heteroatoms. The molecule has 0 amide bonds. The van der Waals surface area contributed by atoms with Gasteiger partial charge in [0.15, 0.2) is 0 Å². The van der Waals surface area contributed by atoms with Gasteiger partial charge in [0.05, 0.1) is 11.2 Å². The van der Waals surface area contributed by atoms with Crippen LogP contribution in [0.1, 0.15) is 12.8 Å². The molecule has 0 saturated carbocycles. The molecule has 0 aromatic carbocycles. The largest absolute Gasteiger partial charge is 0.338 e. The van der Waals surface area contributed by atoms with Crippen LogP contribution in [0.15, 0.2) is 30.9 Å². The summed E-state index contributed by atoms with van der Waals surface area (Å²) in [6, 6.07) is 2.48. The molecular weight excluding hydrogens is 312 g/mol. The number of hydrogen-bond donors (Lipinski definition) is 0. The molecule has 2 atom stereocenters. The van der Waals surface area contributed by atoms with Gasteiger partial charge >= 0.3 is 0 Å². The van der Waals surface area contributed by atoms with Crippen LogP contribution < -0.4 is 4.90 Å². The Bertz CT molecular complexity index is 645. The van der Waals surface area contributed by atoms with E-state index < -0.39 is 0 Å². The Hall–Kier alpha value is -1.66. The van der Waals surface area contributed by atoms with Crippen molar-refractivity contribution >= 4 is 17.5 Å². The minimum atomic E-state index is 0.616. The van der Waals surface area contributed by atoms with Crippen LogP contribution in [0, 0.1) is 5.92 Å². The van der Waals surface area contributed by atoms with E-state index in [9.17, 15) is 0 Å². The lowest BCUT2D eigenvalue weighted by molar-refractivity contribution is 0.0869. The molecule has 2 aliphatic heterocycles. The number of nitrogens with zero attached hydrogens (tertiary/aromatic N) is 6. The van der Waals surface area contributed by atoms with Gasteiger partial charge in [-0.2, -0.15) is 5.10 Å². The fourth-order valence-corrected chi connectivity index (χ4v) is 3.90. The van der Waals surface area contributed by atoms with Crippen LogP contribution in [-0.2, 0) is 6.54 Å². The molecule has 0 radical (unpaired) electrons. The lowest BCUT2D eigenvalue weighted by Gasteiger charge is -2.46. The van der Waals surface area contributed by atoms with Crippen molar-refractivity contribution in [1.29, 1.82) is 0 Å². The summed E-state index contributed by atoms with van der Waals surface area (Å²) in [6.07, 6.45) is 9.73. The Balaban J connectivity index is 1.35. The second-order valence-electron chi connectivity index (χ2n) is 6.47. The Labute approximate surface area is 141 Å². The molecule has 122 valence electrons. The average Bonchev–Trinajstić information content (AvgIpc) is 3.00. The van der Waals surface area contributed by atoms with Crippen molar-refractivity contribution in [2.45, 2.75) is 25.4 Å². The zero-order valence-electron chi connectivity index (χ0n) is 13.1. The summed E-state index contributed by atoms with van der Waals surface area (Å²) in [5.74, 6) is 1.52. The first kappa shape index (κ1) is 14.9. The third-order valence-electron chi connectivity index (χ3n) is 4.89. The van der Waals surface area contributed by atoms with E-state index in [0.717, 1.165) is 43.7 Å². The number of piperidine rings is 1. The van der Waals surface area contributed by atoms with E-state index in [0.29, 0.717) is 12.0 Å². The summed E-state index contributed by atoms with van der Waals surface area (Å²) in [6.45, 7) is 5.22. The van der Waals surface area contributed by atoms with Gasteiger partial charge in [-0.15, -0.1) is 0 Å². The summed E-state index contributed by atoms with van der Waals surface area (Å²) < 4.78 is 1.97. The second kappa shape index (κ2) is 6.45. The van der Waals surface area contributed by atoms with Gasteiger partial charge in [-0.3, -0.25) is 9.58 Å². The Morgan fingerprint density at radius 2 is 2.00 bits per heavy atom. The molecule has 2 aromatic rings. The molecule has 4 rings (SSSR count). The lowest BCUT2D eigenvalue weighted by atomic mass is 9.91. The van der Waals surface area contributed by atoms with Crippen molar-refractivity contribution in [3.8, 4) is 0 Å². The number of fused-ring (bicyclic) bond motifs is 1. The van der Waals surface area contributed by atoms with Crippen molar-refractivity contribution in [3.63, 3.8) is 0 Å². The fraction of sp³-hybridized carbons (Fsp3) is 0.562. The van der Waals surface area contributed by atoms with Crippen LogP contribution >= 0.6 is 11.6 Å². The number of anilines is 1. The minimum Gasteiger partial charge on any atom is -0.338 e. The summed E-state index contributed by atoms with van der Waals surface area (Å²) in [4.78, 5) is 13.7. The highest BCUT2D eigenvalue weighted by Gasteiger charge is 2.33. The monoisotopic (exact) mass is 332 g/mol. The van der Waals surface area contributed by atoms with E-state index >= 15 is 0 Å². The molecule has 0 aliphatic carbocycles. The highest BCUT2D eigenvalue weighted by Crippen LogP contribution is 2.27. The highest BCUT2D eigenvalue weighted by molar-refractivity contribution is 6.30. The number of hydrogen-bond acceptors (Lipinski definition) is 5. The van der Waals surface area contributed by atoms with Gasteiger partial charge in [0.25, 0.3) is 0 Å². The topological polar surface area (TPSA) is 50.1 Å². The van der Waals surface area contributed by atoms with Crippen LogP contribution in [0.3, 0.4) is 0 Å². The van der Waals surface area contributed by atoms with Gasteiger partial charge in [0.2, 0.25) is 5.95 Å². The molecule has 0 bridgehead atoms. The summed E-state index contributed by atoms with van der Waals surface area (Å²) in [5.41, 5.74) is 0. The Morgan fingerprint density at radius 3 is 2.78 bits per heavy atom. The molecule has 2 aliphatic rings. The van der Waals surface area contributed by atoms with Crippen LogP contribution in [0.4, 0.5) is 5.95 Å². The standard InChI is InChI=1S/C16H21ClN6/c17-14-8-20-23(11-14)10-13-2-3-15-12-22(7-6-21(15)9-13)16-18-4-1-5-19-16/h1,4-5,8,11,13,15H,2-3,6-7,9-10,12H2/t13-,15-/m0/s1. The molecule has 2 fully saturated rings. The van der Waals surface area contributed by atoms with E-state index in [-0.39, 0.29) is 0 Å². The van der Waals surface area contributed by atoms with Crippen molar-refractivity contribution < 1.29 is 0 Å². The molecular formula is C16H21ClN6. The van der Waals surface area contributed by atoms with Gasteiger partial charge in [-0.1, -0.05) is 11.6 Å². The van der Waals surface area contributed by atoms with Gasteiger partial charge < -0.3 is 4.90 Å². The summed E-state index contributed by atoms with van der Waals surface area (Å²) in [5, 5.41) is 5.02. The maximum Gasteiger partial charge on any atom is 0.225 e. The first-order valence-electron chi connectivity index (χ1n) is 8.22. The van der Waals surface area contributed by atoms with Crippen molar-refractivity contribution in [2.75, 3.05) is 31.1 Å². The molecule has 6 nitrogen and oxygen atoms in total. The van der Waals surface area contributed by atoms with Gasteiger partial charge in [-0.25, -0.2) is 9.97 Å². The number of aromatic nitrogens is 4. The van der Waals surface area contributed by atoms with Crippen molar-refractivity contribution in [1.82, 2.24) is 24.6 Å². The third kappa shape index (κ3) is 3.33. The zero-order chi connectivity index (χ0) is 15.6. The first-order chi connectivity index (χ1) is 11.3. The van der Waals surface area contributed by atoms with Crippen LogP contribution in [0.2, 0.25) is 5.02 Å². The SMILES string of the molecule is Clc1cnn(C[C@H]2CC[C@H]3CN(c4ncccn4)CCN3C2)c1. The summed E-state index contributed by atoms with van der Waals surface area (Å²) >= 11 is 5.95. The van der Waals surface area contributed by atoms with E-state index in [1.54, 1.807) is 6.20 Å². The summed E-state index contributed by atoms with van der Waals surface area (Å²) in [7, 11) is 0. The Kier molecular flexibility index (Phi) is 4.18. The average molecular weight is 333 g/mol. The predicted octanol–water partition coefficient (Wildman–Crippen LogP) is 1.93. The number of halogens is 1. The van der Waals surface area contributed by atoms with Gasteiger partial charge in [-0.05, 0) is 24.8 Å². The van der Waals surface area contributed by atoms with E-state index in [1.807, 2.05) is 29.3 Å². The minimum absolute atomic E-state index is 0.616. The maximum absolute atomic E-state index is 5.95. The molecule has 4 heterocycles. The first-order valence-corrected chi connectivity index (χ1v) is 8.60. The highest BCUT2D eigenvalue weighted by atomic mass is 35.5. The van der Waals surface area contributed by atoms with E-state index in [1.165, 1.54) is 12.8 Å². The second-order valence-corrected chi connectivity index (χ2v) is 6.90. The zero-order valence-corrected chi connectivity index (χ0v) is 13.8. The van der Waals surface area contributed by atoms with E-state index in [4.69, 9.17) is 11.6 Å². The normalized spacial score (nSPS) is 25.3. The van der Waals surface area contributed by atoms with Crippen LogP contribution in [0.5, 0.6) is 0 Å². The third-order valence-corrected chi connectivity index (χ3v) is 5.08. The van der Waals surface area contributed by atoms with Gasteiger partial charge in [0, 0.05) is 57.4 Å². The molecule has 0 spiro atoms. The molecule has 2 aromatic heterocycles. The molecule has 0 unspecified atom stereocenters. The maximum atomic E-state index is 5.95. The number of piperazine rings is 1. The molecule has 0 N–H and O–H groups in total. The molecule has 23 heavy (non-hydrogen) atoms. The predicted molar refractivity (Wildman–Crippen MR) is 89.6 cm³/mol. The molecule has 2 saturated heterocycles. The number of rotatable bonds is 3. The smallest absolute Gasteiger partial charge is 0.225 e. The van der Waals surface area contributed by atoms with E-state index in [2.05, 4.69) is 24.9 Å². The van der Waals surface area contributed by atoms with Gasteiger partial charge in [0.1, 0.15) is 0 Å². The van der Waals surface area contributed by atoms with Crippen LogP contribution in [-0.4, -0.2) is 56.9 Å².